The summed E-state index contributed by atoms with van der Waals surface area (Å²) in [6.45, 7) is 6.53. The van der Waals surface area contributed by atoms with Crippen LogP contribution in [0.5, 0.6) is 0 Å². The van der Waals surface area contributed by atoms with Gasteiger partial charge >= 0.3 is 0 Å². The van der Waals surface area contributed by atoms with Crippen molar-refractivity contribution in [3.05, 3.63) is 23.0 Å². The molecule has 1 aliphatic heterocycles. The minimum atomic E-state index is 0.732. The Morgan fingerprint density at radius 2 is 2.33 bits per heavy atom. The molecular weight excluding hydrogens is 190 g/mol. The predicted molar refractivity (Wildman–Crippen MR) is 59.1 cm³/mol. The number of aromatic nitrogens is 1. The van der Waals surface area contributed by atoms with E-state index in [9.17, 15) is 0 Å². The minimum absolute atomic E-state index is 0.732. The lowest BCUT2D eigenvalue weighted by Crippen LogP contribution is -2.19. The first-order valence-electron chi connectivity index (χ1n) is 5.27. The third-order valence-corrected chi connectivity index (χ3v) is 2.83. The number of pyridine rings is 1. The van der Waals surface area contributed by atoms with E-state index in [4.69, 9.17) is 10.6 Å². The molecule has 15 heavy (non-hydrogen) atoms. The fourth-order valence-electron chi connectivity index (χ4n) is 1.74. The third-order valence-electron chi connectivity index (χ3n) is 2.83. The number of nitrogens with two attached hydrogens (primary N) is 1. The topological polar surface area (TPSA) is 51.4 Å². The molecule has 4 nitrogen and oxygen atoms in total. The molecule has 0 unspecified atom stereocenters. The van der Waals surface area contributed by atoms with Gasteiger partial charge in [0.2, 0.25) is 0 Å². The zero-order valence-corrected chi connectivity index (χ0v) is 9.29. The average molecular weight is 207 g/mol. The summed E-state index contributed by atoms with van der Waals surface area (Å²) < 4.78 is 0. The molecule has 1 aromatic heterocycles. The summed E-state index contributed by atoms with van der Waals surface area (Å²) >= 11 is 0. The van der Waals surface area contributed by atoms with Crippen LogP contribution in [0.1, 0.15) is 23.2 Å². The van der Waals surface area contributed by atoms with Gasteiger partial charge in [-0.2, -0.15) is 5.06 Å². The van der Waals surface area contributed by atoms with Crippen molar-refractivity contribution < 1.29 is 4.84 Å². The third kappa shape index (κ3) is 2.11. The van der Waals surface area contributed by atoms with E-state index in [1.807, 2.05) is 25.1 Å². The SMILES string of the molecule is Cc1cnc(CN2CCCO2)c(C)c1N. The summed E-state index contributed by atoms with van der Waals surface area (Å²) in [7, 11) is 0. The first-order valence-corrected chi connectivity index (χ1v) is 5.27. The summed E-state index contributed by atoms with van der Waals surface area (Å²) in [6, 6.07) is 0. The smallest absolute Gasteiger partial charge is 0.0698 e. The Labute approximate surface area is 90.0 Å². The van der Waals surface area contributed by atoms with Gasteiger partial charge in [-0.15, -0.1) is 0 Å². The summed E-state index contributed by atoms with van der Waals surface area (Å²) in [6.07, 6.45) is 2.92. The number of rotatable bonds is 2. The molecule has 0 bridgehead atoms. The second-order valence-corrected chi connectivity index (χ2v) is 3.98. The van der Waals surface area contributed by atoms with Crippen molar-refractivity contribution in [3.8, 4) is 0 Å². The van der Waals surface area contributed by atoms with E-state index in [-0.39, 0.29) is 0 Å². The van der Waals surface area contributed by atoms with Crippen molar-refractivity contribution in [2.45, 2.75) is 26.8 Å². The normalized spacial score (nSPS) is 17.2. The molecule has 0 spiro atoms. The number of hydrogen-bond donors (Lipinski definition) is 1. The lowest BCUT2D eigenvalue weighted by molar-refractivity contribution is -0.118. The van der Waals surface area contributed by atoms with Crippen LogP contribution in [-0.4, -0.2) is 23.2 Å². The van der Waals surface area contributed by atoms with Crippen LogP contribution in [0.25, 0.3) is 0 Å². The van der Waals surface area contributed by atoms with Crippen LogP contribution in [0.15, 0.2) is 6.20 Å². The van der Waals surface area contributed by atoms with Crippen molar-refractivity contribution >= 4 is 5.69 Å². The first-order chi connectivity index (χ1) is 7.18. The van der Waals surface area contributed by atoms with Crippen molar-refractivity contribution in [2.75, 3.05) is 18.9 Å². The highest BCUT2D eigenvalue weighted by Gasteiger charge is 2.15. The van der Waals surface area contributed by atoms with Gasteiger partial charge in [0.25, 0.3) is 0 Å². The highest BCUT2D eigenvalue weighted by molar-refractivity contribution is 5.53. The first kappa shape index (κ1) is 10.4. The lowest BCUT2D eigenvalue weighted by Gasteiger charge is -2.16. The maximum Gasteiger partial charge on any atom is 0.0698 e. The molecule has 1 aromatic rings. The van der Waals surface area contributed by atoms with E-state index in [0.29, 0.717) is 0 Å². The van der Waals surface area contributed by atoms with Crippen LogP contribution in [0.3, 0.4) is 0 Å². The van der Waals surface area contributed by atoms with Crippen LogP contribution in [-0.2, 0) is 11.4 Å². The number of aryl methyl sites for hydroxylation is 1. The van der Waals surface area contributed by atoms with E-state index in [1.165, 1.54) is 0 Å². The van der Waals surface area contributed by atoms with Crippen molar-refractivity contribution in [2.24, 2.45) is 0 Å². The van der Waals surface area contributed by atoms with Crippen LogP contribution in [0.4, 0.5) is 5.69 Å². The Hall–Kier alpha value is -1.13. The van der Waals surface area contributed by atoms with E-state index in [0.717, 1.165) is 48.6 Å². The molecule has 1 aliphatic rings. The molecule has 2 rings (SSSR count). The van der Waals surface area contributed by atoms with Gasteiger partial charge in [-0.1, -0.05) is 0 Å². The Morgan fingerprint density at radius 3 is 3.00 bits per heavy atom. The fraction of sp³-hybridized carbons (Fsp3) is 0.545. The summed E-state index contributed by atoms with van der Waals surface area (Å²) in [5, 5.41) is 1.95. The van der Waals surface area contributed by atoms with E-state index >= 15 is 0 Å². The number of hydrogen-bond acceptors (Lipinski definition) is 4. The molecule has 0 amide bonds. The van der Waals surface area contributed by atoms with Crippen LogP contribution < -0.4 is 5.73 Å². The van der Waals surface area contributed by atoms with E-state index < -0.39 is 0 Å². The molecule has 1 saturated heterocycles. The molecule has 2 N–H and O–H groups in total. The number of nitrogens with zero attached hydrogens (tertiary/aromatic N) is 2. The van der Waals surface area contributed by atoms with E-state index in [1.54, 1.807) is 0 Å². The van der Waals surface area contributed by atoms with Crippen molar-refractivity contribution in [1.29, 1.82) is 0 Å². The zero-order valence-electron chi connectivity index (χ0n) is 9.29. The molecule has 2 heterocycles. The highest BCUT2D eigenvalue weighted by Crippen LogP contribution is 2.20. The van der Waals surface area contributed by atoms with Gasteiger partial charge < -0.3 is 5.73 Å². The molecule has 1 fully saturated rings. The van der Waals surface area contributed by atoms with Crippen molar-refractivity contribution in [3.63, 3.8) is 0 Å². The largest absolute Gasteiger partial charge is 0.398 e. The standard InChI is InChI=1S/C11H17N3O/c1-8-6-13-10(9(2)11(8)12)7-14-4-3-5-15-14/h6H,3-5,7H2,1-2H3,(H2,12,13). The zero-order chi connectivity index (χ0) is 10.8. The van der Waals surface area contributed by atoms with Crippen molar-refractivity contribution in [1.82, 2.24) is 10.0 Å². The summed E-state index contributed by atoms with van der Waals surface area (Å²) in [5.74, 6) is 0. The molecule has 4 heteroatoms. The predicted octanol–water partition coefficient (Wildman–Crippen LogP) is 1.42. The number of hydroxylamine groups is 2. The Morgan fingerprint density at radius 1 is 1.53 bits per heavy atom. The van der Waals surface area contributed by atoms with Crippen LogP contribution in [0.2, 0.25) is 0 Å². The lowest BCUT2D eigenvalue weighted by atomic mass is 10.1. The minimum Gasteiger partial charge on any atom is -0.398 e. The van der Waals surface area contributed by atoms with E-state index in [2.05, 4.69) is 4.98 Å². The van der Waals surface area contributed by atoms with Gasteiger partial charge in [0, 0.05) is 18.4 Å². The second-order valence-electron chi connectivity index (χ2n) is 3.98. The molecule has 0 radical (unpaired) electrons. The average Bonchev–Trinajstić information content (AvgIpc) is 2.72. The Bertz CT molecular complexity index is 359. The maximum absolute atomic E-state index is 5.96. The summed E-state index contributed by atoms with van der Waals surface area (Å²) in [4.78, 5) is 9.83. The van der Waals surface area contributed by atoms with Gasteiger partial charge in [-0.25, -0.2) is 0 Å². The second kappa shape index (κ2) is 4.16. The van der Waals surface area contributed by atoms with Gasteiger partial charge in [0.1, 0.15) is 0 Å². The highest BCUT2D eigenvalue weighted by atomic mass is 16.7. The van der Waals surface area contributed by atoms with Crippen LogP contribution in [0, 0.1) is 13.8 Å². The molecule has 0 aromatic carbocycles. The molecule has 0 atom stereocenters. The molecule has 82 valence electrons. The summed E-state index contributed by atoms with van der Waals surface area (Å²) in [5.41, 5.74) is 9.93. The quantitative estimate of drug-likeness (QED) is 0.796. The molecular formula is C11H17N3O. The van der Waals surface area contributed by atoms with Gasteiger partial charge in [0.05, 0.1) is 18.8 Å². The number of anilines is 1. The monoisotopic (exact) mass is 207 g/mol. The van der Waals surface area contributed by atoms with Gasteiger partial charge in [-0.05, 0) is 31.4 Å². The Balaban J connectivity index is 2.17. The van der Waals surface area contributed by atoms with Crippen LogP contribution >= 0.6 is 0 Å². The maximum atomic E-state index is 5.96. The number of nitrogen functional groups attached to an aromatic ring is 1. The van der Waals surface area contributed by atoms with Gasteiger partial charge in [-0.3, -0.25) is 9.82 Å². The molecule has 0 saturated carbocycles. The van der Waals surface area contributed by atoms with Gasteiger partial charge in [0.15, 0.2) is 0 Å². The Kier molecular flexibility index (Phi) is 2.88. The molecule has 0 aliphatic carbocycles. The fourth-order valence-corrected chi connectivity index (χ4v) is 1.74.